The molecule has 2 aliphatic rings. The summed E-state index contributed by atoms with van der Waals surface area (Å²) in [6.07, 6.45) is 10.5. The Labute approximate surface area is 123 Å². The number of hydrogen-bond acceptors (Lipinski definition) is 2. The second-order valence-corrected chi connectivity index (χ2v) is 8.71. The Morgan fingerprint density at radius 2 is 1.84 bits per heavy atom. The highest BCUT2D eigenvalue weighted by Crippen LogP contribution is 2.47. The molecule has 0 bridgehead atoms. The lowest BCUT2D eigenvalue weighted by atomic mass is 9.67. The van der Waals surface area contributed by atoms with Crippen molar-refractivity contribution in [2.75, 3.05) is 0 Å². The Balaban J connectivity index is 1.98. The summed E-state index contributed by atoms with van der Waals surface area (Å²) in [6, 6.07) is 2.60. The first-order valence-corrected chi connectivity index (χ1v) is 9.06. The number of thioether (sulfide) groups is 1. The topological polar surface area (TPSA) is 23.8 Å². The Morgan fingerprint density at radius 3 is 2.42 bits per heavy atom. The van der Waals surface area contributed by atoms with Gasteiger partial charge in [0.05, 0.1) is 12.0 Å². The molecule has 1 nitrogen and oxygen atoms in total. The second-order valence-electron chi connectivity index (χ2n) is 7.17. The van der Waals surface area contributed by atoms with Crippen molar-refractivity contribution in [1.29, 1.82) is 5.26 Å². The summed E-state index contributed by atoms with van der Waals surface area (Å²) in [7, 11) is 0. The molecule has 2 fully saturated rings. The van der Waals surface area contributed by atoms with Gasteiger partial charge in [0.15, 0.2) is 0 Å². The van der Waals surface area contributed by atoms with Crippen molar-refractivity contribution in [3.8, 4) is 6.07 Å². The van der Waals surface area contributed by atoms with E-state index in [1.165, 1.54) is 44.9 Å². The number of nitriles is 1. The summed E-state index contributed by atoms with van der Waals surface area (Å²) >= 11 is 2.17. The van der Waals surface area contributed by atoms with Crippen molar-refractivity contribution in [1.82, 2.24) is 0 Å². The van der Waals surface area contributed by atoms with Crippen LogP contribution in [0.15, 0.2) is 0 Å². The average Bonchev–Trinajstić information content (AvgIpc) is 2.91. The SMILES string of the molecule is CCC(C)(C)C1CCC(C#N)C(SC2CCCC2)C1. The number of rotatable bonds is 4. The summed E-state index contributed by atoms with van der Waals surface area (Å²) in [6.45, 7) is 7.15. The van der Waals surface area contributed by atoms with Crippen molar-refractivity contribution in [2.24, 2.45) is 17.3 Å². The Kier molecular flexibility index (Phi) is 5.23. The van der Waals surface area contributed by atoms with Crippen molar-refractivity contribution in [2.45, 2.75) is 82.6 Å². The minimum Gasteiger partial charge on any atom is -0.198 e. The van der Waals surface area contributed by atoms with Crippen molar-refractivity contribution in [3.05, 3.63) is 0 Å². The lowest BCUT2D eigenvalue weighted by molar-refractivity contribution is 0.143. The second kappa shape index (κ2) is 6.53. The van der Waals surface area contributed by atoms with Gasteiger partial charge in [-0.2, -0.15) is 17.0 Å². The predicted molar refractivity (Wildman–Crippen MR) is 84.2 cm³/mol. The van der Waals surface area contributed by atoms with Crippen LogP contribution in [0.1, 0.15) is 72.1 Å². The van der Waals surface area contributed by atoms with Gasteiger partial charge in [-0.15, -0.1) is 0 Å². The third-order valence-electron chi connectivity index (χ3n) is 5.64. The fraction of sp³-hybridized carbons (Fsp3) is 0.941. The highest BCUT2D eigenvalue weighted by atomic mass is 32.2. The summed E-state index contributed by atoms with van der Waals surface area (Å²) in [4.78, 5) is 0. The van der Waals surface area contributed by atoms with Crippen LogP contribution < -0.4 is 0 Å². The molecule has 0 aromatic heterocycles. The van der Waals surface area contributed by atoms with Crippen molar-refractivity contribution >= 4 is 11.8 Å². The van der Waals surface area contributed by atoms with Gasteiger partial charge in [-0.3, -0.25) is 0 Å². The molecule has 2 rings (SSSR count). The molecule has 3 unspecified atom stereocenters. The van der Waals surface area contributed by atoms with Crippen LogP contribution in [-0.4, -0.2) is 10.5 Å². The molecule has 0 amide bonds. The molecule has 19 heavy (non-hydrogen) atoms. The maximum Gasteiger partial charge on any atom is 0.0667 e. The maximum absolute atomic E-state index is 9.42. The van der Waals surface area contributed by atoms with Gasteiger partial charge in [0, 0.05) is 10.5 Å². The molecule has 0 aromatic rings. The van der Waals surface area contributed by atoms with Crippen LogP contribution in [0.4, 0.5) is 0 Å². The Bertz CT molecular complexity index is 325. The Morgan fingerprint density at radius 1 is 1.16 bits per heavy atom. The van der Waals surface area contributed by atoms with Gasteiger partial charge in [0.1, 0.15) is 0 Å². The van der Waals surface area contributed by atoms with Gasteiger partial charge in [0.2, 0.25) is 0 Å². The van der Waals surface area contributed by atoms with Crippen LogP contribution in [0.25, 0.3) is 0 Å². The van der Waals surface area contributed by atoms with Crippen LogP contribution in [0.3, 0.4) is 0 Å². The molecule has 0 aliphatic heterocycles. The fourth-order valence-electron chi connectivity index (χ4n) is 3.70. The number of hydrogen-bond donors (Lipinski definition) is 0. The molecular formula is C17H29NS. The van der Waals surface area contributed by atoms with Gasteiger partial charge < -0.3 is 0 Å². The quantitative estimate of drug-likeness (QED) is 0.687. The van der Waals surface area contributed by atoms with E-state index in [0.717, 1.165) is 17.6 Å². The number of nitrogens with zero attached hydrogens (tertiary/aromatic N) is 1. The van der Waals surface area contributed by atoms with E-state index in [1.807, 2.05) is 0 Å². The van der Waals surface area contributed by atoms with Gasteiger partial charge >= 0.3 is 0 Å². The van der Waals surface area contributed by atoms with Crippen LogP contribution in [0.2, 0.25) is 0 Å². The van der Waals surface area contributed by atoms with E-state index < -0.39 is 0 Å². The zero-order valence-electron chi connectivity index (χ0n) is 12.8. The predicted octanol–water partition coefficient (Wildman–Crippen LogP) is 5.41. The highest BCUT2D eigenvalue weighted by molar-refractivity contribution is 8.00. The first kappa shape index (κ1) is 15.2. The van der Waals surface area contributed by atoms with E-state index in [9.17, 15) is 5.26 Å². The lowest BCUT2D eigenvalue weighted by Gasteiger charge is -2.41. The first-order valence-electron chi connectivity index (χ1n) is 8.12. The summed E-state index contributed by atoms with van der Waals surface area (Å²) in [5.41, 5.74) is 0.453. The molecule has 0 heterocycles. The zero-order chi connectivity index (χ0) is 13.9. The summed E-state index contributed by atoms with van der Waals surface area (Å²) < 4.78 is 0. The lowest BCUT2D eigenvalue weighted by Crippen LogP contribution is -2.35. The van der Waals surface area contributed by atoms with Crippen LogP contribution >= 0.6 is 11.8 Å². The van der Waals surface area contributed by atoms with E-state index in [0.29, 0.717) is 16.6 Å². The molecule has 108 valence electrons. The molecule has 0 saturated heterocycles. The molecule has 2 heteroatoms. The standard InChI is InChI=1S/C17H29NS/c1-4-17(2,3)14-10-9-13(12-18)16(11-14)19-15-7-5-6-8-15/h13-16H,4-11H2,1-3H3. The molecule has 0 aromatic carbocycles. The Hall–Kier alpha value is -0.160. The van der Waals surface area contributed by atoms with Gasteiger partial charge in [-0.1, -0.05) is 40.0 Å². The molecule has 2 aliphatic carbocycles. The molecule has 0 N–H and O–H groups in total. The average molecular weight is 279 g/mol. The van der Waals surface area contributed by atoms with Gasteiger partial charge in [-0.05, 0) is 43.4 Å². The molecule has 3 atom stereocenters. The van der Waals surface area contributed by atoms with Crippen LogP contribution in [0.5, 0.6) is 0 Å². The minimum absolute atomic E-state index is 0.314. The highest BCUT2D eigenvalue weighted by Gasteiger charge is 2.38. The first-order chi connectivity index (χ1) is 9.06. The molecule has 2 saturated carbocycles. The van der Waals surface area contributed by atoms with E-state index in [4.69, 9.17) is 0 Å². The van der Waals surface area contributed by atoms with Crippen LogP contribution in [0, 0.1) is 28.6 Å². The van der Waals surface area contributed by atoms with Crippen LogP contribution in [-0.2, 0) is 0 Å². The van der Waals surface area contributed by atoms with Gasteiger partial charge in [0.25, 0.3) is 0 Å². The van der Waals surface area contributed by atoms with Crippen molar-refractivity contribution < 1.29 is 0 Å². The fourth-order valence-corrected chi connectivity index (χ4v) is 5.53. The third-order valence-corrected chi connectivity index (χ3v) is 7.37. The van der Waals surface area contributed by atoms with E-state index in [1.54, 1.807) is 0 Å². The van der Waals surface area contributed by atoms with E-state index >= 15 is 0 Å². The third kappa shape index (κ3) is 3.69. The molecule has 0 spiro atoms. The molecule has 0 radical (unpaired) electrons. The van der Waals surface area contributed by atoms with E-state index in [2.05, 4.69) is 38.6 Å². The summed E-state index contributed by atoms with van der Waals surface area (Å²) in [5, 5.41) is 10.9. The summed E-state index contributed by atoms with van der Waals surface area (Å²) in [5.74, 6) is 1.13. The zero-order valence-corrected chi connectivity index (χ0v) is 13.6. The molecular weight excluding hydrogens is 250 g/mol. The minimum atomic E-state index is 0.314. The smallest absolute Gasteiger partial charge is 0.0667 e. The van der Waals surface area contributed by atoms with E-state index in [-0.39, 0.29) is 0 Å². The monoisotopic (exact) mass is 279 g/mol. The maximum atomic E-state index is 9.42. The normalized spacial score (nSPS) is 33.3. The largest absolute Gasteiger partial charge is 0.198 e. The van der Waals surface area contributed by atoms with Gasteiger partial charge in [-0.25, -0.2) is 0 Å². The van der Waals surface area contributed by atoms with Crippen molar-refractivity contribution in [3.63, 3.8) is 0 Å².